The summed E-state index contributed by atoms with van der Waals surface area (Å²) >= 11 is 0. The molecule has 5 nitrogen and oxygen atoms in total. The Balaban J connectivity index is 2.26. The highest BCUT2D eigenvalue weighted by Crippen LogP contribution is 2.21. The van der Waals surface area contributed by atoms with Crippen molar-refractivity contribution in [2.75, 3.05) is 36.2 Å². The molecule has 0 aliphatic rings. The fraction of sp³-hybridized carbons (Fsp3) is 0.435. The first-order valence-electron chi connectivity index (χ1n) is 10.4. The van der Waals surface area contributed by atoms with E-state index in [2.05, 4.69) is 18.7 Å². The van der Waals surface area contributed by atoms with Crippen LogP contribution in [0.4, 0.5) is 5.69 Å². The molecule has 2 aromatic carbocycles. The molecule has 0 unspecified atom stereocenters. The topological polar surface area (TPSA) is 57.7 Å². The number of carbonyl (C=O) groups is 1. The maximum atomic E-state index is 13.0. The van der Waals surface area contributed by atoms with E-state index < -0.39 is 10.0 Å². The summed E-state index contributed by atoms with van der Waals surface area (Å²) in [5.41, 5.74) is 1.78. The molecule has 0 atom stereocenters. The molecule has 0 radical (unpaired) electrons. The van der Waals surface area contributed by atoms with E-state index in [9.17, 15) is 13.2 Å². The van der Waals surface area contributed by atoms with Crippen LogP contribution in [0.15, 0.2) is 54.6 Å². The van der Waals surface area contributed by atoms with E-state index in [1.54, 1.807) is 36.4 Å². The molecule has 0 aromatic heterocycles. The lowest BCUT2D eigenvalue weighted by molar-refractivity contribution is 0.103. The number of sulfonamides is 1. The molecule has 0 amide bonds. The smallest absolute Gasteiger partial charge is 0.235 e. The van der Waals surface area contributed by atoms with Gasteiger partial charge in [0.15, 0.2) is 5.78 Å². The third-order valence-corrected chi connectivity index (χ3v) is 6.93. The quantitative estimate of drug-likeness (QED) is 0.487. The highest BCUT2D eigenvalue weighted by molar-refractivity contribution is 7.92. The minimum absolute atomic E-state index is 0.0688. The molecule has 0 aliphatic carbocycles. The third kappa shape index (κ3) is 6.41. The minimum Gasteiger partial charge on any atom is -0.302 e. The molecule has 0 saturated heterocycles. The van der Waals surface area contributed by atoms with Gasteiger partial charge >= 0.3 is 0 Å². The van der Waals surface area contributed by atoms with Crippen molar-refractivity contribution in [3.05, 3.63) is 65.7 Å². The van der Waals surface area contributed by atoms with E-state index in [-0.39, 0.29) is 11.5 Å². The number of ketones is 1. The Morgan fingerprint density at radius 2 is 1.41 bits per heavy atom. The summed E-state index contributed by atoms with van der Waals surface area (Å²) in [6.07, 6.45) is 1.46. The molecule has 0 heterocycles. The summed E-state index contributed by atoms with van der Waals surface area (Å²) in [5, 5.41) is 0. The first kappa shape index (κ1) is 23.1. The van der Waals surface area contributed by atoms with Gasteiger partial charge in [0.05, 0.1) is 11.4 Å². The van der Waals surface area contributed by atoms with Gasteiger partial charge in [0.25, 0.3) is 0 Å². The first-order chi connectivity index (χ1) is 13.9. The lowest BCUT2D eigenvalue weighted by Crippen LogP contribution is -2.40. The summed E-state index contributed by atoms with van der Waals surface area (Å²) in [6.45, 7) is 8.96. The van der Waals surface area contributed by atoms with Crippen molar-refractivity contribution in [1.82, 2.24) is 4.90 Å². The Labute approximate surface area is 175 Å². The maximum Gasteiger partial charge on any atom is 0.235 e. The van der Waals surface area contributed by atoms with Gasteiger partial charge in [-0.25, -0.2) is 8.42 Å². The molecule has 0 bridgehead atoms. The van der Waals surface area contributed by atoms with Gasteiger partial charge in [0, 0.05) is 24.2 Å². The molecule has 0 saturated carbocycles. The van der Waals surface area contributed by atoms with Crippen LogP contribution in [0, 0.1) is 0 Å². The van der Waals surface area contributed by atoms with Gasteiger partial charge in [0.2, 0.25) is 10.0 Å². The van der Waals surface area contributed by atoms with E-state index >= 15 is 0 Å². The van der Waals surface area contributed by atoms with Crippen molar-refractivity contribution in [2.45, 2.75) is 33.6 Å². The molecular weight excluding hydrogens is 384 g/mol. The molecule has 0 N–H and O–H groups in total. The Bertz CT molecular complexity index is 861. The fourth-order valence-corrected chi connectivity index (χ4v) is 4.85. The van der Waals surface area contributed by atoms with Crippen LogP contribution in [0.2, 0.25) is 0 Å². The number of hydrogen-bond donors (Lipinski definition) is 0. The van der Waals surface area contributed by atoms with Crippen molar-refractivity contribution in [3.63, 3.8) is 0 Å². The maximum absolute atomic E-state index is 13.0. The highest BCUT2D eigenvalue weighted by atomic mass is 32.2. The average Bonchev–Trinajstić information content (AvgIpc) is 2.75. The molecule has 2 rings (SSSR count). The number of rotatable bonds is 12. The van der Waals surface area contributed by atoms with Gasteiger partial charge in [-0.2, -0.15) is 0 Å². The Morgan fingerprint density at radius 3 is 1.97 bits per heavy atom. The number of hydrogen-bond acceptors (Lipinski definition) is 4. The van der Waals surface area contributed by atoms with Gasteiger partial charge in [0.1, 0.15) is 0 Å². The second kappa shape index (κ2) is 11.1. The SMILES string of the molecule is CCCCS(=O)(=O)N(CCN(CC)CC)c1ccc(C(=O)c2ccccc2)cc1. The van der Waals surface area contributed by atoms with Crippen molar-refractivity contribution in [3.8, 4) is 0 Å². The fourth-order valence-electron chi connectivity index (χ4n) is 3.17. The second-order valence-electron chi connectivity index (χ2n) is 7.01. The summed E-state index contributed by atoms with van der Waals surface area (Å²) in [6, 6.07) is 16.0. The third-order valence-electron chi connectivity index (χ3n) is 5.06. The number of nitrogens with zero attached hydrogens (tertiary/aromatic N) is 2. The van der Waals surface area contributed by atoms with Crippen molar-refractivity contribution >= 4 is 21.5 Å². The van der Waals surface area contributed by atoms with E-state index in [1.165, 1.54) is 4.31 Å². The van der Waals surface area contributed by atoms with Crippen molar-refractivity contribution in [1.29, 1.82) is 0 Å². The summed E-state index contributed by atoms with van der Waals surface area (Å²) in [7, 11) is -3.41. The Morgan fingerprint density at radius 1 is 0.828 bits per heavy atom. The monoisotopic (exact) mass is 416 g/mol. The highest BCUT2D eigenvalue weighted by Gasteiger charge is 2.23. The van der Waals surface area contributed by atoms with E-state index in [4.69, 9.17) is 0 Å². The largest absolute Gasteiger partial charge is 0.302 e. The Hall–Kier alpha value is -2.18. The average molecular weight is 417 g/mol. The predicted octanol–water partition coefficient (Wildman–Crippen LogP) is 4.20. The van der Waals surface area contributed by atoms with Crippen LogP contribution < -0.4 is 4.31 Å². The lowest BCUT2D eigenvalue weighted by atomic mass is 10.0. The van der Waals surface area contributed by atoms with E-state index in [1.807, 2.05) is 25.1 Å². The Kier molecular flexibility index (Phi) is 8.86. The predicted molar refractivity (Wildman–Crippen MR) is 120 cm³/mol. The number of benzene rings is 2. The number of carbonyl (C=O) groups excluding carboxylic acids is 1. The van der Waals surface area contributed by atoms with E-state index in [0.29, 0.717) is 36.3 Å². The molecule has 158 valence electrons. The van der Waals surface area contributed by atoms with Crippen LogP contribution in [0.5, 0.6) is 0 Å². The van der Waals surface area contributed by atoms with Crippen LogP contribution in [-0.4, -0.2) is 51.0 Å². The van der Waals surface area contributed by atoms with Crippen LogP contribution in [0.3, 0.4) is 0 Å². The normalized spacial score (nSPS) is 11.6. The number of unbranched alkanes of at least 4 members (excludes halogenated alkanes) is 1. The second-order valence-corrected chi connectivity index (χ2v) is 9.02. The zero-order valence-electron chi connectivity index (χ0n) is 17.7. The van der Waals surface area contributed by atoms with Crippen LogP contribution in [0.1, 0.15) is 49.5 Å². The zero-order chi connectivity index (χ0) is 21.3. The van der Waals surface area contributed by atoms with Crippen LogP contribution in [-0.2, 0) is 10.0 Å². The molecule has 0 aliphatic heterocycles. The van der Waals surface area contributed by atoms with Crippen LogP contribution in [0.25, 0.3) is 0 Å². The standard InChI is InChI=1S/C23H32N2O3S/c1-4-7-19-29(27,28)25(18-17-24(5-2)6-3)22-15-13-21(14-16-22)23(26)20-11-9-8-10-12-20/h8-16H,4-7,17-19H2,1-3H3. The number of likely N-dealkylation sites (N-methyl/N-ethyl adjacent to an activating group) is 1. The lowest BCUT2D eigenvalue weighted by Gasteiger charge is -2.28. The first-order valence-corrected chi connectivity index (χ1v) is 12.0. The summed E-state index contributed by atoms with van der Waals surface area (Å²) < 4.78 is 27.4. The van der Waals surface area contributed by atoms with E-state index in [0.717, 1.165) is 19.5 Å². The van der Waals surface area contributed by atoms with Gasteiger partial charge < -0.3 is 4.90 Å². The van der Waals surface area contributed by atoms with Crippen molar-refractivity contribution in [2.24, 2.45) is 0 Å². The van der Waals surface area contributed by atoms with Crippen LogP contribution >= 0.6 is 0 Å². The van der Waals surface area contributed by atoms with Gasteiger partial charge in [-0.15, -0.1) is 0 Å². The zero-order valence-corrected chi connectivity index (χ0v) is 18.5. The van der Waals surface area contributed by atoms with Crippen molar-refractivity contribution < 1.29 is 13.2 Å². The van der Waals surface area contributed by atoms with Gasteiger partial charge in [-0.3, -0.25) is 9.10 Å². The molecule has 6 heteroatoms. The molecule has 0 fully saturated rings. The molecule has 0 spiro atoms. The minimum atomic E-state index is -3.41. The molecule has 29 heavy (non-hydrogen) atoms. The number of anilines is 1. The van der Waals surface area contributed by atoms with Gasteiger partial charge in [-0.1, -0.05) is 57.5 Å². The molecule has 2 aromatic rings. The summed E-state index contributed by atoms with van der Waals surface area (Å²) in [5.74, 6) is 0.0626. The molecular formula is C23H32N2O3S. The summed E-state index contributed by atoms with van der Waals surface area (Å²) in [4.78, 5) is 14.8. The van der Waals surface area contributed by atoms with Gasteiger partial charge in [-0.05, 0) is 43.8 Å².